The summed E-state index contributed by atoms with van der Waals surface area (Å²) in [6.07, 6.45) is 0.346. The first-order valence-corrected chi connectivity index (χ1v) is 7.42. The minimum atomic E-state index is -0.202. The van der Waals surface area contributed by atoms with Crippen molar-refractivity contribution in [3.05, 3.63) is 23.8 Å². The highest BCUT2D eigenvalue weighted by Crippen LogP contribution is 2.26. The Hall–Kier alpha value is -1.84. The molecule has 0 N–H and O–H groups in total. The van der Waals surface area contributed by atoms with E-state index >= 15 is 0 Å². The Kier molecular flexibility index (Phi) is 6.92. The molecule has 0 saturated carbocycles. The molecule has 0 saturated heterocycles. The van der Waals surface area contributed by atoms with Crippen LogP contribution in [0.15, 0.2) is 18.2 Å². The van der Waals surface area contributed by atoms with Crippen molar-refractivity contribution in [3.8, 4) is 11.5 Å². The second-order valence-electron chi connectivity index (χ2n) is 5.26. The molecule has 116 valence electrons. The molecule has 0 aromatic heterocycles. The number of hydrogen-bond donors (Lipinski definition) is 0. The molecule has 0 heterocycles. The summed E-state index contributed by atoms with van der Waals surface area (Å²) in [4.78, 5) is 24.0. The maximum absolute atomic E-state index is 12.3. The van der Waals surface area contributed by atoms with Gasteiger partial charge in [-0.1, -0.05) is 13.8 Å². The van der Waals surface area contributed by atoms with E-state index in [1.54, 1.807) is 18.2 Å². The van der Waals surface area contributed by atoms with Crippen molar-refractivity contribution in [2.75, 3.05) is 13.2 Å². The predicted molar refractivity (Wildman–Crippen MR) is 82.2 cm³/mol. The van der Waals surface area contributed by atoms with Crippen LogP contribution in [0.2, 0.25) is 0 Å². The Morgan fingerprint density at radius 3 is 2.33 bits per heavy atom. The molecule has 0 atom stereocenters. The van der Waals surface area contributed by atoms with Crippen molar-refractivity contribution in [1.82, 2.24) is 0 Å². The minimum Gasteiger partial charge on any atom is -0.494 e. The van der Waals surface area contributed by atoms with Crippen LogP contribution in [-0.4, -0.2) is 24.8 Å². The lowest BCUT2D eigenvalue weighted by atomic mass is 9.99. The Balaban J connectivity index is 2.89. The molecule has 0 unspecified atom stereocenters. The summed E-state index contributed by atoms with van der Waals surface area (Å²) in [5.41, 5.74) is 0.442. The van der Waals surface area contributed by atoms with Gasteiger partial charge in [0.05, 0.1) is 25.2 Å². The molecule has 0 radical (unpaired) electrons. The van der Waals surface area contributed by atoms with Crippen molar-refractivity contribution in [3.63, 3.8) is 0 Å². The molecule has 0 spiro atoms. The van der Waals surface area contributed by atoms with Gasteiger partial charge in [0.1, 0.15) is 17.3 Å². The lowest BCUT2D eigenvalue weighted by Crippen LogP contribution is -2.12. The molecule has 4 nitrogen and oxygen atoms in total. The standard InChI is InChI=1S/C17H24O4/c1-5-20-14-7-8-15(17(11-14)21-6-2)16(19)10-13(18)9-12(3)4/h7-8,11-12H,5-6,9-10H2,1-4H3. The third-order valence-corrected chi connectivity index (χ3v) is 2.86. The number of carbonyl (C=O) groups is 2. The number of ether oxygens (including phenoxy) is 2. The van der Waals surface area contributed by atoms with Crippen molar-refractivity contribution >= 4 is 11.6 Å². The number of hydrogen-bond acceptors (Lipinski definition) is 4. The smallest absolute Gasteiger partial charge is 0.173 e. The molecule has 0 aliphatic carbocycles. The quantitative estimate of drug-likeness (QED) is 0.514. The molecule has 4 heteroatoms. The second-order valence-corrected chi connectivity index (χ2v) is 5.26. The van der Waals surface area contributed by atoms with Gasteiger partial charge in [0.15, 0.2) is 5.78 Å². The zero-order valence-electron chi connectivity index (χ0n) is 13.3. The molecular weight excluding hydrogens is 268 g/mol. The highest BCUT2D eigenvalue weighted by atomic mass is 16.5. The third kappa shape index (κ3) is 5.58. The first-order chi connectivity index (χ1) is 9.97. The Morgan fingerprint density at radius 2 is 1.76 bits per heavy atom. The third-order valence-electron chi connectivity index (χ3n) is 2.86. The van der Waals surface area contributed by atoms with E-state index in [1.165, 1.54) is 0 Å². The number of benzene rings is 1. The van der Waals surface area contributed by atoms with Crippen molar-refractivity contribution < 1.29 is 19.1 Å². The second kappa shape index (κ2) is 8.45. The maximum atomic E-state index is 12.3. The molecule has 0 fully saturated rings. The zero-order valence-corrected chi connectivity index (χ0v) is 13.3. The zero-order chi connectivity index (χ0) is 15.8. The van der Waals surface area contributed by atoms with Gasteiger partial charge in [0.2, 0.25) is 0 Å². The van der Waals surface area contributed by atoms with Crippen LogP contribution in [0.4, 0.5) is 0 Å². The van der Waals surface area contributed by atoms with Gasteiger partial charge in [0.25, 0.3) is 0 Å². The minimum absolute atomic E-state index is 0.0358. The average molecular weight is 292 g/mol. The lowest BCUT2D eigenvalue weighted by molar-refractivity contribution is -0.118. The van der Waals surface area contributed by atoms with Crippen LogP contribution in [0.25, 0.3) is 0 Å². The highest BCUT2D eigenvalue weighted by Gasteiger charge is 2.17. The number of ketones is 2. The van der Waals surface area contributed by atoms with Gasteiger partial charge in [-0.15, -0.1) is 0 Å². The number of rotatable bonds is 9. The van der Waals surface area contributed by atoms with Crippen LogP contribution >= 0.6 is 0 Å². The van der Waals surface area contributed by atoms with Crippen LogP contribution in [0, 0.1) is 5.92 Å². The van der Waals surface area contributed by atoms with E-state index < -0.39 is 0 Å². The molecule has 0 aliphatic rings. The van der Waals surface area contributed by atoms with Gasteiger partial charge in [-0.05, 0) is 31.9 Å². The van der Waals surface area contributed by atoms with Crippen LogP contribution in [-0.2, 0) is 4.79 Å². The maximum Gasteiger partial charge on any atom is 0.173 e. The normalized spacial score (nSPS) is 10.5. The molecule has 1 aromatic carbocycles. The van der Waals surface area contributed by atoms with E-state index in [-0.39, 0.29) is 23.9 Å². The van der Waals surface area contributed by atoms with Crippen LogP contribution in [0.1, 0.15) is 50.9 Å². The summed E-state index contributed by atoms with van der Waals surface area (Å²) in [6.45, 7) is 8.67. The molecular formula is C17H24O4. The molecule has 1 aromatic rings. The van der Waals surface area contributed by atoms with E-state index in [0.717, 1.165) is 0 Å². The fraction of sp³-hybridized carbons (Fsp3) is 0.529. The molecule has 21 heavy (non-hydrogen) atoms. The number of Topliss-reactive ketones (excluding diaryl/α,β-unsaturated/α-hetero) is 2. The van der Waals surface area contributed by atoms with Gasteiger partial charge < -0.3 is 9.47 Å². The summed E-state index contributed by atoms with van der Waals surface area (Å²) >= 11 is 0. The molecule has 0 aliphatic heterocycles. The van der Waals surface area contributed by atoms with Crippen LogP contribution in [0.5, 0.6) is 11.5 Å². The Bertz CT molecular complexity index is 492. The van der Waals surface area contributed by atoms with E-state index in [9.17, 15) is 9.59 Å². The summed E-state index contributed by atoms with van der Waals surface area (Å²) in [6, 6.07) is 5.10. The van der Waals surface area contributed by atoms with Gasteiger partial charge in [-0.25, -0.2) is 0 Å². The molecule has 1 rings (SSSR count). The SMILES string of the molecule is CCOc1ccc(C(=O)CC(=O)CC(C)C)c(OCC)c1. The van der Waals surface area contributed by atoms with Crippen molar-refractivity contribution in [2.45, 2.75) is 40.5 Å². The average Bonchev–Trinajstić information content (AvgIpc) is 2.38. The van der Waals surface area contributed by atoms with Crippen LogP contribution in [0.3, 0.4) is 0 Å². The predicted octanol–water partition coefficient (Wildman–Crippen LogP) is 3.67. The fourth-order valence-corrected chi connectivity index (χ4v) is 2.07. The summed E-state index contributed by atoms with van der Waals surface area (Å²) in [5.74, 6) is 1.16. The van der Waals surface area contributed by atoms with Gasteiger partial charge in [0, 0.05) is 12.5 Å². The summed E-state index contributed by atoms with van der Waals surface area (Å²) < 4.78 is 10.9. The largest absolute Gasteiger partial charge is 0.494 e. The van der Waals surface area contributed by atoms with Gasteiger partial charge in [-0.2, -0.15) is 0 Å². The van der Waals surface area contributed by atoms with Crippen molar-refractivity contribution in [1.29, 1.82) is 0 Å². The van der Waals surface area contributed by atoms with Gasteiger partial charge in [-0.3, -0.25) is 9.59 Å². The summed E-state index contributed by atoms with van der Waals surface area (Å²) in [7, 11) is 0. The first-order valence-electron chi connectivity index (χ1n) is 7.42. The Labute approximate surface area is 126 Å². The molecule has 0 bridgehead atoms. The Morgan fingerprint density at radius 1 is 1.10 bits per heavy atom. The summed E-state index contributed by atoms with van der Waals surface area (Å²) in [5, 5.41) is 0. The topological polar surface area (TPSA) is 52.6 Å². The van der Waals surface area contributed by atoms with E-state index in [4.69, 9.17) is 9.47 Å². The van der Waals surface area contributed by atoms with E-state index in [1.807, 2.05) is 27.7 Å². The van der Waals surface area contributed by atoms with Crippen molar-refractivity contribution in [2.24, 2.45) is 5.92 Å². The number of carbonyl (C=O) groups excluding carboxylic acids is 2. The molecule has 0 amide bonds. The first kappa shape index (κ1) is 17.2. The van der Waals surface area contributed by atoms with Gasteiger partial charge >= 0.3 is 0 Å². The van der Waals surface area contributed by atoms with E-state index in [0.29, 0.717) is 36.7 Å². The van der Waals surface area contributed by atoms with Crippen LogP contribution < -0.4 is 9.47 Å². The van der Waals surface area contributed by atoms with E-state index in [2.05, 4.69) is 0 Å². The monoisotopic (exact) mass is 292 g/mol. The fourth-order valence-electron chi connectivity index (χ4n) is 2.07. The highest BCUT2D eigenvalue weighted by molar-refractivity contribution is 6.09. The lowest BCUT2D eigenvalue weighted by Gasteiger charge is -2.12.